The van der Waals surface area contributed by atoms with Gasteiger partial charge in [0.05, 0.1) is 6.04 Å². The van der Waals surface area contributed by atoms with Gasteiger partial charge in [0.25, 0.3) is 0 Å². The minimum absolute atomic E-state index is 0.103. The first kappa shape index (κ1) is 13.3. The summed E-state index contributed by atoms with van der Waals surface area (Å²) >= 11 is 0. The van der Waals surface area contributed by atoms with Gasteiger partial charge in [-0.1, -0.05) is 0 Å². The Labute approximate surface area is 97.5 Å². The number of ether oxygens (including phenoxy) is 1. The van der Waals surface area contributed by atoms with Crippen LogP contribution in [0.25, 0.3) is 0 Å². The van der Waals surface area contributed by atoms with Crippen LogP contribution >= 0.6 is 0 Å². The van der Waals surface area contributed by atoms with Gasteiger partial charge in [0, 0.05) is 0 Å². The standard InChI is InChI=1S/C11H23N3O2/c1-11(2,3)16-10(15)14(12)9-5-7-13(4)8-6-9/h9H,5-8,12H2,1-4H3. The highest BCUT2D eigenvalue weighted by Gasteiger charge is 2.28. The predicted octanol–water partition coefficient (Wildman–Crippen LogP) is 1.19. The Morgan fingerprint density at radius 3 is 2.31 bits per heavy atom. The van der Waals surface area contributed by atoms with Gasteiger partial charge in [-0.25, -0.2) is 15.6 Å². The molecule has 0 unspecified atom stereocenters. The molecule has 1 heterocycles. The zero-order valence-electron chi connectivity index (χ0n) is 10.7. The molecular formula is C11H23N3O2. The molecule has 1 amide bonds. The number of piperidine rings is 1. The van der Waals surface area contributed by atoms with Crippen molar-refractivity contribution in [2.75, 3.05) is 20.1 Å². The molecule has 1 rings (SSSR count). The first-order valence-corrected chi connectivity index (χ1v) is 5.75. The maximum atomic E-state index is 11.7. The van der Waals surface area contributed by atoms with E-state index < -0.39 is 11.7 Å². The van der Waals surface area contributed by atoms with Gasteiger partial charge < -0.3 is 9.64 Å². The van der Waals surface area contributed by atoms with Gasteiger partial charge in [0.15, 0.2) is 0 Å². The Morgan fingerprint density at radius 2 is 1.88 bits per heavy atom. The second-order valence-electron chi connectivity index (χ2n) is 5.42. The summed E-state index contributed by atoms with van der Waals surface area (Å²) in [5.74, 6) is 5.78. The van der Waals surface area contributed by atoms with Crippen LogP contribution in [0.15, 0.2) is 0 Å². The van der Waals surface area contributed by atoms with Crippen molar-refractivity contribution in [1.82, 2.24) is 9.91 Å². The summed E-state index contributed by atoms with van der Waals surface area (Å²) in [4.78, 5) is 13.9. The average Bonchev–Trinajstić information content (AvgIpc) is 2.15. The van der Waals surface area contributed by atoms with Crippen LogP contribution in [0.2, 0.25) is 0 Å². The fourth-order valence-electron chi connectivity index (χ4n) is 1.74. The summed E-state index contributed by atoms with van der Waals surface area (Å²) in [6, 6.07) is 0.103. The lowest BCUT2D eigenvalue weighted by atomic mass is 10.1. The first-order chi connectivity index (χ1) is 7.29. The summed E-state index contributed by atoms with van der Waals surface area (Å²) < 4.78 is 5.23. The summed E-state index contributed by atoms with van der Waals surface area (Å²) in [6.07, 6.45) is 1.39. The van der Waals surface area contributed by atoms with Crippen LogP contribution in [0.4, 0.5) is 4.79 Å². The average molecular weight is 229 g/mol. The highest BCUT2D eigenvalue weighted by Crippen LogP contribution is 2.16. The van der Waals surface area contributed by atoms with Crippen LogP contribution in [0.1, 0.15) is 33.6 Å². The van der Waals surface area contributed by atoms with Crippen LogP contribution in [0.5, 0.6) is 0 Å². The lowest BCUT2D eigenvalue weighted by molar-refractivity contribution is 0.00891. The molecule has 1 aliphatic heterocycles. The lowest BCUT2D eigenvalue weighted by Gasteiger charge is -2.35. The fourth-order valence-corrected chi connectivity index (χ4v) is 1.74. The summed E-state index contributed by atoms with van der Waals surface area (Å²) in [5, 5.41) is 1.25. The number of amides is 1. The quantitative estimate of drug-likeness (QED) is 0.417. The van der Waals surface area contributed by atoms with E-state index in [9.17, 15) is 4.79 Å². The van der Waals surface area contributed by atoms with Crippen LogP contribution in [-0.2, 0) is 4.74 Å². The van der Waals surface area contributed by atoms with E-state index in [1.54, 1.807) is 0 Å². The molecule has 0 atom stereocenters. The van der Waals surface area contributed by atoms with E-state index in [-0.39, 0.29) is 6.04 Å². The SMILES string of the molecule is CN1CCC(N(N)C(=O)OC(C)(C)C)CC1. The summed E-state index contributed by atoms with van der Waals surface area (Å²) in [5.41, 5.74) is -0.486. The molecule has 0 saturated carbocycles. The van der Waals surface area contributed by atoms with Gasteiger partial charge in [-0.05, 0) is 53.8 Å². The third kappa shape index (κ3) is 3.98. The van der Waals surface area contributed by atoms with Crippen molar-refractivity contribution in [3.05, 3.63) is 0 Å². The minimum atomic E-state index is -0.486. The molecule has 2 N–H and O–H groups in total. The number of likely N-dealkylation sites (tertiary alicyclic amines) is 1. The molecule has 0 aromatic heterocycles. The number of rotatable bonds is 1. The molecule has 0 radical (unpaired) electrons. The van der Waals surface area contributed by atoms with E-state index >= 15 is 0 Å². The van der Waals surface area contributed by atoms with Crippen molar-refractivity contribution in [1.29, 1.82) is 0 Å². The molecule has 1 saturated heterocycles. The molecule has 0 spiro atoms. The third-order valence-electron chi connectivity index (χ3n) is 2.69. The fraction of sp³-hybridized carbons (Fsp3) is 0.909. The van der Waals surface area contributed by atoms with E-state index in [1.165, 1.54) is 5.01 Å². The van der Waals surface area contributed by atoms with Crippen molar-refractivity contribution in [2.45, 2.75) is 45.3 Å². The molecule has 1 fully saturated rings. The Balaban J connectivity index is 2.45. The highest BCUT2D eigenvalue weighted by molar-refractivity contribution is 5.67. The van der Waals surface area contributed by atoms with Crippen LogP contribution in [-0.4, -0.2) is 47.8 Å². The minimum Gasteiger partial charge on any atom is -0.443 e. The molecule has 5 nitrogen and oxygen atoms in total. The van der Waals surface area contributed by atoms with Crippen LogP contribution in [0.3, 0.4) is 0 Å². The van der Waals surface area contributed by atoms with Crippen molar-refractivity contribution < 1.29 is 9.53 Å². The maximum Gasteiger partial charge on any atom is 0.424 e. The Hall–Kier alpha value is -0.810. The second-order valence-corrected chi connectivity index (χ2v) is 5.42. The molecule has 0 bridgehead atoms. The molecule has 94 valence electrons. The van der Waals surface area contributed by atoms with Gasteiger partial charge in [0.2, 0.25) is 0 Å². The monoisotopic (exact) mass is 229 g/mol. The predicted molar refractivity (Wildman–Crippen MR) is 62.8 cm³/mol. The van der Waals surface area contributed by atoms with Gasteiger partial charge in [-0.2, -0.15) is 0 Å². The normalized spacial score (nSPS) is 19.6. The van der Waals surface area contributed by atoms with Crippen LogP contribution < -0.4 is 5.84 Å². The zero-order valence-corrected chi connectivity index (χ0v) is 10.7. The lowest BCUT2D eigenvalue weighted by Crippen LogP contribution is -2.51. The number of hydrogen-bond acceptors (Lipinski definition) is 4. The summed E-state index contributed by atoms with van der Waals surface area (Å²) in [7, 11) is 2.07. The van der Waals surface area contributed by atoms with Gasteiger partial charge in [-0.15, -0.1) is 0 Å². The van der Waals surface area contributed by atoms with Crippen molar-refractivity contribution in [3.8, 4) is 0 Å². The van der Waals surface area contributed by atoms with E-state index in [2.05, 4.69) is 11.9 Å². The number of hydrogen-bond donors (Lipinski definition) is 1. The third-order valence-corrected chi connectivity index (χ3v) is 2.69. The summed E-state index contributed by atoms with van der Waals surface area (Å²) in [6.45, 7) is 7.47. The van der Waals surface area contributed by atoms with Gasteiger partial charge in [-0.3, -0.25) is 0 Å². The molecule has 5 heteroatoms. The molecule has 0 aliphatic carbocycles. The van der Waals surface area contributed by atoms with Crippen molar-refractivity contribution in [2.24, 2.45) is 5.84 Å². The Morgan fingerprint density at radius 1 is 1.38 bits per heavy atom. The Bertz CT molecular complexity index is 242. The van der Waals surface area contributed by atoms with E-state index in [0.29, 0.717) is 0 Å². The van der Waals surface area contributed by atoms with Crippen molar-refractivity contribution >= 4 is 6.09 Å². The van der Waals surface area contributed by atoms with Crippen LogP contribution in [0, 0.1) is 0 Å². The number of nitrogens with zero attached hydrogens (tertiary/aromatic N) is 2. The smallest absolute Gasteiger partial charge is 0.424 e. The van der Waals surface area contributed by atoms with E-state index in [0.717, 1.165) is 25.9 Å². The molecular weight excluding hydrogens is 206 g/mol. The first-order valence-electron chi connectivity index (χ1n) is 5.75. The maximum absolute atomic E-state index is 11.7. The zero-order chi connectivity index (χ0) is 12.3. The largest absolute Gasteiger partial charge is 0.443 e. The number of hydrazine groups is 1. The van der Waals surface area contributed by atoms with Gasteiger partial charge >= 0.3 is 6.09 Å². The van der Waals surface area contributed by atoms with E-state index in [1.807, 2.05) is 20.8 Å². The molecule has 0 aromatic rings. The number of carbonyl (C=O) groups excluding carboxylic acids is 1. The molecule has 1 aliphatic rings. The molecule has 0 aromatic carbocycles. The Kier molecular flexibility index (Phi) is 4.15. The van der Waals surface area contributed by atoms with E-state index in [4.69, 9.17) is 10.6 Å². The van der Waals surface area contributed by atoms with Gasteiger partial charge in [0.1, 0.15) is 5.60 Å². The highest BCUT2D eigenvalue weighted by atomic mass is 16.6. The second kappa shape index (κ2) is 5.01. The number of nitrogens with two attached hydrogens (primary N) is 1. The topological polar surface area (TPSA) is 58.8 Å². The van der Waals surface area contributed by atoms with Crippen molar-refractivity contribution in [3.63, 3.8) is 0 Å². The number of carbonyl (C=O) groups is 1. The molecule has 16 heavy (non-hydrogen) atoms.